The van der Waals surface area contributed by atoms with Gasteiger partial charge in [0, 0.05) is 32.4 Å². The predicted molar refractivity (Wildman–Crippen MR) is 74.4 cm³/mol. The minimum Gasteiger partial charge on any atom is -0.423 e. The van der Waals surface area contributed by atoms with Crippen molar-refractivity contribution < 1.29 is 12.8 Å². The normalized spacial score (nSPS) is 12.2. The smallest absolute Gasteiger partial charge is 0.295 e. The number of rotatable bonds is 5. The number of nitrogens with zero attached hydrogens (tertiary/aromatic N) is 2. The lowest BCUT2D eigenvalue weighted by Crippen LogP contribution is -2.28. The van der Waals surface area contributed by atoms with Crippen molar-refractivity contribution in [2.75, 3.05) is 37.4 Å². The second-order valence-electron chi connectivity index (χ2n) is 4.27. The number of hydrogen-bond acceptors (Lipinski definition) is 6. The molecule has 0 fully saturated rings. The molecule has 0 radical (unpaired) electrons. The standard InChI is InChI=1S/C11H16N4O3S/c1-15(2)19(16,17)6-5-13-11-14-9-4-3-8(12)7-10(9)18-11/h3-4,7H,5-6,12H2,1-2H3,(H,13,14). The molecular formula is C11H16N4O3S. The number of benzene rings is 1. The molecule has 0 bridgehead atoms. The summed E-state index contributed by atoms with van der Waals surface area (Å²) in [5, 5.41) is 2.84. The maximum atomic E-state index is 11.6. The highest BCUT2D eigenvalue weighted by atomic mass is 32.2. The van der Waals surface area contributed by atoms with Crippen LogP contribution in [0.15, 0.2) is 22.6 Å². The molecule has 8 heteroatoms. The Kier molecular flexibility index (Phi) is 3.63. The van der Waals surface area contributed by atoms with Gasteiger partial charge in [-0.05, 0) is 12.1 Å². The molecule has 3 N–H and O–H groups in total. The van der Waals surface area contributed by atoms with Gasteiger partial charge in [0.15, 0.2) is 5.58 Å². The van der Waals surface area contributed by atoms with Gasteiger partial charge in [0.1, 0.15) is 5.52 Å². The number of anilines is 2. The SMILES string of the molecule is CN(C)S(=O)(=O)CCNc1nc2ccc(N)cc2o1. The van der Waals surface area contributed by atoms with E-state index in [1.807, 2.05) is 0 Å². The third-order valence-corrected chi connectivity index (χ3v) is 4.44. The number of hydrogen-bond donors (Lipinski definition) is 2. The molecule has 1 heterocycles. The van der Waals surface area contributed by atoms with Gasteiger partial charge in [-0.3, -0.25) is 0 Å². The molecule has 1 aromatic carbocycles. The van der Waals surface area contributed by atoms with E-state index in [0.29, 0.717) is 16.8 Å². The zero-order chi connectivity index (χ0) is 14.0. The van der Waals surface area contributed by atoms with Gasteiger partial charge in [-0.15, -0.1) is 0 Å². The first kappa shape index (κ1) is 13.6. The summed E-state index contributed by atoms with van der Waals surface area (Å²) < 4.78 is 29.7. The minimum atomic E-state index is -3.22. The lowest BCUT2D eigenvalue weighted by atomic mass is 10.3. The molecule has 0 amide bonds. The van der Waals surface area contributed by atoms with Crippen molar-refractivity contribution in [3.63, 3.8) is 0 Å². The lowest BCUT2D eigenvalue weighted by Gasteiger charge is -2.10. The summed E-state index contributed by atoms with van der Waals surface area (Å²) in [7, 11) is -0.229. The van der Waals surface area contributed by atoms with E-state index in [1.165, 1.54) is 18.4 Å². The van der Waals surface area contributed by atoms with Gasteiger partial charge in [0.2, 0.25) is 10.0 Å². The Morgan fingerprint density at radius 1 is 1.42 bits per heavy atom. The zero-order valence-electron chi connectivity index (χ0n) is 10.8. The Hall–Kier alpha value is -1.80. The monoisotopic (exact) mass is 284 g/mol. The second kappa shape index (κ2) is 5.06. The van der Waals surface area contributed by atoms with Crippen LogP contribution < -0.4 is 11.1 Å². The minimum absolute atomic E-state index is 0.0269. The van der Waals surface area contributed by atoms with Gasteiger partial charge in [-0.2, -0.15) is 4.98 Å². The van der Waals surface area contributed by atoms with Gasteiger partial charge in [0.25, 0.3) is 6.01 Å². The highest BCUT2D eigenvalue weighted by molar-refractivity contribution is 7.89. The van der Waals surface area contributed by atoms with Crippen LogP contribution in [0.2, 0.25) is 0 Å². The predicted octanol–water partition coefficient (Wildman–Crippen LogP) is 0.713. The fourth-order valence-electron chi connectivity index (χ4n) is 1.49. The van der Waals surface area contributed by atoms with Crippen molar-refractivity contribution in [2.24, 2.45) is 0 Å². The van der Waals surface area contributed by atoms with E-state index in [1.54, 1.807) is 18.2 Å². The van der Waals surface area contributed by atoms with E-state index in [4.69, 9.17) is 10.2 Å². The van der Waals surface area contributed by atoms with Crippen molar-refractivity contribution in [1.29, 1.82) is 0 Å². The van der Waals surface area contributed by atoms with Crippen molar-refractivity contribution in [3.05, 3.63) is 18.2 Å². The highest BCUT2D eigenvalue weighted by Gasteiger charge is 2.13. The lowest BCUT2D eigenvalue weighted by molar-refractivity contribution is 0.521. The zero-order valence-corrected chi connectivity index (χ0v) is 11.6. The molecule has 0 saturated carbocycles. The Morgan fingerprint density at radius 2 is 2.16 bits per heavy atom. The van der Waals surface area contributed by atoms with E-state index in [-0.39, 0.29) is 18.3 Å². The third kappa shape index (κ3) is 3.15. The molecule has 0 aliphatic heterocycles. The maximum absolute atomic E-state index is 11.6. The third-order valence-electron chi connectivity index (χ3n) is 2.61. The van der Waals surface area contributed by atoms with Gasteiger partial charge < -0.3 is 15.5 Å². The summed E-state index contributed by atoms with van der Waals surface area (Å²) in [5.74, 6) is -0.0269. The molecule has 0 aliphatic carbocycles. The number of fused-ring (bicyclic) bond motifs is 1. The van der Waals surface area contributed by atoms with Crippen molar-refractivity contribution in [3.8, 4) is 0 Å². The van der Waals surface area contributed by atoms with E-state index in [2.05, 4.69) is 10.3 Å². The van der Waals surface area contributed by atoms with Crippen LogP contribution in [0.4, 0.5) is 11.7 Å². The Bertz CT molecular complexity index is 678. The molecule has 2 aromatic rings. The van der Waals surface area contributed by atoms with Crippen LogP contribution in [-0.4, -0.2) is 44.1 Å². The molecule has 7 nitrogen and oxygen atoms in total. The average Bonchev–Trinajstić information content (AvgIpc) is 2.70. The summed E-state index contributed by atoms with van der Waals surface area (Å²) >= 11 is 0. The molecule has 0 aliphatic rings. The summed E-state index contributed by atoms with van der Waals surface area (Å²) in [6.07, 6.45) is 0. The number of nitrogen functional groups attached to an aromatic ring is 1. The van der Waals surface area contributed by atoms with E-state index in [0.717, 1.165) is 0 Å². The topological polar surface area (TPSA) is 101 Å². The van der Waals surface area contributed by atoms with Crippen molar-refractivity contribution in [2.45, 2.75) is 0 Å². The second-order valence-corrected chi connectivity index (χ2v) is 6.57. The van der Waals surface area contributed by atoms with Crippen LogP contribution in [0.5, 0.6) is 0 Å². The number of oxazole rings is 1. The van der Waals surface area contributed by atoms with Crippen LogP contribution in [0.1, 0.15) is 0 Å². The molecule has 104 valence electrons. The fourth-order valence-corrected chi connectivity index (χ4v) is 2.21. The number of sulfonamides is 1. The van der Waals surface area contributed by atoms with Gasteiger partial charge in [0.05, 0.1) is 5.75 Å². The summed E-state index contributed by atoms with van der Waals surface area (Å²) in [6.45, 7) is 0.225. The van der Waals surface area contributed by atoms with Crippen LogP contribution >= 0.6 is 0 Å². The van der Waals surface area contributed by atoms with E-state index in [9.17, 15) is 8.42 Å². The largest absolute Gasteiger partial charge is 0.423 e. The molecule has 0 saturated heterocycles. The first-order valence-electron chi connectivity index (χ1n) is 5.68. The summed E-state index contributed by atoms with van der Waals surface area (Å²) in [6, 6.07) is 5.43. The number of nitrogens with one attached hydrogen (secondary N) is 1. The van der Waals surface area contributed by atoms with Gasteiger partial charge in [-0.25, -0.2) is 12.7 Å². The van der Waals surface area contributed by atoms with Crippen LogP contribution in [0.3, 0.4) is 0 Å². The van der Waals surface area contributed by atoms with Crippen LogP contribution in [-0.2, 0) is 10.0 Å². The fraction of sp³-hybridized carbons (Fsp3) is 0.364. The Balaban J connectivity index is 2.03. The summed E-state index contributed by atoms with van der Waals surface area (Å²) in [4.78, 5) is 4.18. The van der Waals surface area contributed by atoms with Crippen molar-refractivity contribution in [1.82, 2.24) is 9.29 Å². The molecule has 0 atom stereocenters. The Labute approximate surface area is 111 Å². The van der Waals surface area contributed by atoms with Gasteiger partial charge in [-0.1, -0.05) is 0 Å². The molecule has 19 heavy (non-hydrogen) atoms. The number of aromatic nitrogens is 1. The maximum Gasteiger partial charge on any atom is 0.295 e. The summed E-state index contributed by atoms with van der Waals surface area (Å²) in [5.41, 5.74) is 7.46. The molecule has 0 unspecified atom stereocenters. The van der Waals surface area contributed by atoms with Crippen LogP contribution in [0, 0.1) is 0 Å². The molecule has 0 spiro atoms. The first-order chi connectivity index (χ1) is 8.88. The highest BCUT2D eigenvalue weighted by Crippen LogP contribution is 2.20. The van der Waals surface area contributed by atoms with Crippen LogP contribution in [0.25, 0.3) is 11.1 Å². The molecule has 1 aromatic heterocycles. The quantitative estimate of drug-likeness (QED) is 0.784. The molecular weight excluding hydrogens is 268 g/mol. The average molecular weight is 284 g/mol. The first-order valence-corrected chi connectivity index (χ1v) is 7.29. The Morgan fingerprint density at radius 3 is 2.84 bits per heavy atom. The van der Waals surface area contributed by atoms with E-state index >= 15 is 0 Å². The van der Waals surface area contributed by atoms with Gasteiger partial charge >= 0.3 is 0 Å². The van der Waals surface area contributed by atoms with E-state index < -0.39 is 10.0 Å². The molecule has 2 rings (SSSR count). The van der Waals surface area contributed by atoms with Crippen molar-refractivity contribution >= 4 is 32.8 Å². The number of nitrogens with two attached hydrogens (primary N) is 1.